The van der Waals surface area contributed by atoms with Crippen LogP contribution in [0, 0.1) is 0 Å². The van der Waals surface area contributed by atoms with Crippen LogP contribution in [0.5, 0.6) is 0 Å². The second-order valence-electron chi connectivity index (χ2n) is 16.4. The molecule has 5 aliphatic rings. The van der Waals surface area contributed by atoms with Gasteiger partial charge in [0.05, 0.1) is 19.8 Å². The summed E-state index contributed by atoms with van der Waals surface area (Å²) in [5.41, 5.74) is 1.97. The zero-order valence-electron chi connectivity index (χ0n) is 30.7. The summed E-state index contributed by atoms with van der Waals surface area (Å²) < 4.78 is 72.1. The SMILES string of the molecule is CC1(C)O[C@H]2[C@@H](O1)[C@@H](CO[C@H]1O[C@@H]3CO[C@@H](c4ccccc4)O[C@H]3[C@H](OCc3ccccc3)[C@@H]1O[Si](C)(C)C(C)(C)C)O[C@@H]1OC(C)(C)O[C@@H]12. The van der Waals surface area contributed by atoms with E-state index in [9.17, 15) is 0 Å². The van der Waals surface area contributed by atoms with E-state index in [2.05, 4.69) is 46.0 Å². The molecule has 5 fully saturated rings. The van der Waals surface area contributed by atoms with Crippen molar-refractivity contribution in [3.8, 4) is 0 Å². The minimum absolute atomic E-state index is 0.0938. The Morgan fingerprint density at radius 1 is 0.720 bits per heavy atom. The van der Waals surface area contributed by atoms with Crippen LogP contribution >= 0.6 is 0 Å². The topological polar surface area (TPSA) is 102 Å². The largest absolute Gasteiger partial charge is 0.406 e. The normalized spacial score (nSPS) is 37.9. The molecule has 0 N–H and O–H groups in total. The Balaban J connectivity index is 1.17. The van der Waals surface area contributed by atoms with Crippen molar-refractivity contribution in [2.24, 2.45) is 0 Å². The second kappa shape index (κ2) is 13.9. The van der Waals surface area contributed by atoms with Gasteiger partial charge >= 0.3 is 0 Å². The molecule has 276 valence electrons. The first kappa shape index (κ1) is 36.6. The van der Waals surface area contributed by atoms with Gasteiger partial charge in [0, 0.05) is 5.56 Å². The molecule has 50 heavy (non-hydrogen) atoms. The molecule has 0 unspecified atom stereocenters. The van der Waals surface area contributed by atoms with Gasteiger partial charge in [0.25, 0.3) is 0 Å². The molecule has 12 heteroatoms. The van der Waals surface area contributed by atoms with Gasteiger partial charge in [-0.25, -0.2) is 0 Å². The van der Waals surface area contributed by atoms with Crippen molar-refractivity contribution in [2.75, 3.05) is 13.2 Å². The first-order valence-electron chi connectivity index (χ1n) is 17.9. The van der Waals surface area contributed by atoms with Gasteiger partial charge < -0.3 is 51.8 Å². The zero-order chi connectivity index (χ0) is 35.5. The quantitative estimate of drug-likeness (QED) is 0.277. The van der Waals surface area contributed by atoms with Crippen LogP contribution in [0.4, 0.5) is 0 Å². The third kappa shape index (κ3) is 7.64. The third-order valence-electron chi connectivity index (χ3n) is 10.6. The van der Waals surface area contributed by atoms with E-state index >= 15 is 0 Å². The van der Waals surface area contributed by atoms with E-state index in [1.54, 1.807) is 0 Å². The minimum atomic E-state index is -2.40. The Hall–Kier alpha value is -1.78. The Labute approximate surface area is 297 Å². The lowest BCUT2D eigenvalue weighted by molar-refractivity contribution is -0.368. The molecule has 11 atom stereocenters. The Morgan fingerprint density at radius 3 is 2.06 bits per heavy atom. The zero-order valence-corrected chi connectivity index (χ0v) is 31.7. The highest BCUT2D eigenvalue weighted by Crippen LogP contribution is 2.46. The minimum Gasteiger partial charge on any atom is -0.406 e. The molecule has 11 nitrogen and oxygen atoms in total. The standard InChI is InChI=1S/C38H54O11Si/c1-36(2,3)50(8,9)49-32-29(39-20-23-16-12-10-13-17-23)27-25(21-40-33(44-27)24-18-14-11-15-19-24)42-34(32)41-22-26-28-30(46-37(4,5)45-28)31-35(43-26)48-38(6,7)47-31/h10-19,25-35H,20-22H2,1-9H3/t25-,26-,27-,28+,29+,30+,31-,32+,33-,34+,35-/m1/s1. The fourth-order valence-electron chi connectivity index (χ4n) is 7.08. The number of ether oxygens (including phenoxy) is 10. The molecule has 0 bridgehead atoms. The Bertz CT molecular complexity index is 1430. The van der Waals surface area contributed by atoms with E-state index in [0.717, 1.165) is 11.1 Å². The maximum absolute atomic E-state index is 7.20. The molecule has 0 saturated carbocycles. The monoisotopic (exact) mass is 714 g/mol. The fourth-order valence-corrected chi connectivity index (χ4v) is 8.36. The van der Waals surface area contributed by atoms with Gasteiger partial charge in [0.2, 0.25) is 0 Å². The van der Waals surface area contributed by atoms with E-state index in [0.29, 0.717) is 13.2 Å². The Kier molecular flexibility index (Phi) is 10.2. The lowest BCUT2D eigenvalue weighted by Crippen LogP contribution is -2.66. The molecule has 7 rings (SSSR count). The first-order valence-corrected chi connectivity index (χ1v) is 20.8. The van der Waals surface area contributed by atoms with Crippen molar-refractivity contribution in [1.82, 2.24) is 0 Å². The van der Waals surface area contributed by atoms with E-state index in [1.807, 2.05) is 76.2 Å². The maximum atomic E-state index is 7.20. The van der Waals surface area contributed by atoms with Crippen molar-refractivity contribution >= 4 is 8.32 Å². The lowest BCUT2D eigenvalue weighted by Gasteiger charge is -2.52. The predicted octanol–water partition coefficient (Wildman–Crippen LogP) is 6.21. The number of hydrogen-bond acceptors (Lipinski definition) is 11. The lowest BCUT2D eigenvalue weighted by atomic mass is 9.97. The average Bonchev–Trinajstić information content (AvgIpc) is 3.56. The number of fused-ring (bicyclic) bond motifs is 4. The number of benzene rings is 2. The molecule has 0 aromatic heterocycles. The molecule has 0 aliphatic carbocycles. The van der Waals surface area contributed by atoms with Crippen LogP contribution in [-0.2, 0) is 58.4 Å². The molecule has 2 aromatic rings. The van der Waals surface area contributed by atoms with Crippen molar-refractivity contribution in [3.63, 3.8) is 0 Å². The molecular formula is C38H54O11Si. The van der Waals surface area contributed by atoms with Crippen LogP contribution in [0.3, 0.4) is 0 Å². The van der Waals surface area contributed by atoms with Crippen molar-refractivity contribution in [3.05, 3.63) is 71.8 Å². The summed E-state index contributed by atoms with van der Waals surface area (Å²) in [5, 5.41) is -0.0938. The maximum Gasteiger partial charge on any atom is 0.192 e. The molecular weight excluding hydrogens is 660 g/mol. The fraction of sp³-hybridized carbons (Fsp3) is 0.684. The van der Waals surface area contributed by atoms with Crippen molar-refractivity contribution in [2.45, 2.75) is 152 Å². The number of rotatable bonds is 9. The summed E-state index contributed by atoms with van der Waals surface area (Å²) in [7, 11) is -2.40. The van der Waals surface area contributed by atoms with Crippen LogP contribution in [0.15, 0.2) is 60.7 Å². The highest BCUT2D eigenvalue weighted by molar-refractivity contribution is 6.74. The second-order valence-corrected chi connectivity index (χ2v) is 21.1. The van der Waals surface area contributed by atoms with E-state index < -0.39 is 87.6 Å². The van der Waals surface area contributed by atoms with Gasteiger partial charge in [0.1, 0.15) is 48.8 Å². The molecule has 5 saturated heterocycles. The third-order valence-corrected chi connectivity index (χ3v) is 15.0. The highest BCUT2D eigenvalue weighted by atomic mass is 28.4. The van der Waals surface area contributed by atoms with Gasteiger partial charge in [-0.2, -0.15) is 0 Å². The molecule has 2 aromatic carbocycles. The molecule has 0 spiro atoms. The van der Waals surface area contributed by atoms with Crippen molar-refractivity contribution < 1.29 is 51.8 Å². The van der Waals surface area contributed by atoms with Crippen LogP contribution in [0.1, 0.15) is 65.9 Å². The van der Waals surface area contributed by atoms with Gasteiger partial charge in [-0.05, 0) is 51.4 Å². The molecule has 0 radical (unpaired) electrons. The van der Waals surface area contributed by atoms with Crippen molar-refractivity contribution in [1.29, 1.82) is 0 Å². The predicted molar refractivity (Wildman–Crippen MR) is 184 cm³/mol. The van der Waals surface area contributed by atoms with Gasteiger partial charge in [0.15, 0.2) is 38.8 Å². The van der Waals surface area contributed by atoms with E-state index in [4.69, 9.17) is 51.8 Å². The van der Waals surface area contributed by atoms with Gasteiger partial charge in [-0.1, -0.05) is 81.4 Å². The smallest absolute Gasteiger partial charge is 0.192 e. The van der Waals surface area contributed by atoms with Crippen LogP contribution < -0.4 is 0 Å². The van der Waals surface area contributed by atoms with E-state index in [-0.39, 0.29) is 11.6 Å². The van der Waals surface area contributed by atoms with Crippen LogP contribution in [0.2, 0.25) is 18.1 Å². The van der Waals surface area contributed by atoms with Gasteiger partial charge in [-0.15, -0.1) is 0 Å². The summed E-state index contributed by atoms with van der Waals surface area (Å²) in [5.74, 6) is -1.65. The summed E-state index contributed by atoms with van der Waals surface area (Å²) in [6.07, 6.45) is -5.94. The van der Waals surface area contributed by atoms with Crippen LogP contribution in [0.25, 0.3) is 0 Å². The van der Waals surface area contributed by atoms with Crippen LogP contribution in [-0.4, -0.2) is 94.5 Å². The summed E-state index contributed by atoms with van der Waals surface area (Å²) in [6, 6.07) is 20.1. The molecule has 0 amide bonds. The van der Waals surface area contributed by atoms with Gasteiger partial charge in [-0.3, -0.25) is 0 Å². The Morgan fingerprint density at radius 2 is 1.36 bits per heavy atom. The summed E-state index contributed by atoms with van der Waals surface area (Å²) >= 11 is 0. The highest BCUT2D eigenvalue weighted by Gasteiger charge is 2.61. The average molecular weight is 715 g/mol. The molecule has 5 aliphatic heterocycles. The first-order chi connectivity index (χ1) is 23.6. The number of hydrogen-bond donors (Lipinski definition) is 0. The van der Waals surface area contributed by atoms with E-state index in [1.165, 1.54) is 0 Å². The summed E-state index contributed by atoms with van der Waals surface area (Å²) in [6.45, 7) is 19.4. The summed E-state index contributed by atoms with van der Waals surface area (Å²) in [4.78, 5) is 0. The molecule has 5 heterocycles.